The number of imidazole rings is 1. The summed E-state index contributed by atoms with van der Waals surface area (Å²) in [6.07, 6.45) is 0. The maximum absolute atomic E-state index is 11.8. The molecular formula is C14H20N4O3S2. The molecule has 7 nitrogen and oxygen atoms in total. The summed E-state index contributed by atoms with van der Waals surface area (Å²) in [7, 11) is -3.76. The van der Waals surface area contributed by atoms with E-state index in [1.165, 1.54) is 23.9 Å². The molecule has 0 spiro atoms. The Bertz CT molecular complexity index is 828. The molecule has 2 rings (SSSR count). The number of rotatable bonds is 6. The molecule has 0 saturated heterocycles. The maximum atomic E-state index is 11.8. The first-order chi connectivity index (χ1) is 10.7. The number of sulfonamides is 1. The number of nitrogens with one attached hydrogen (secondary N) is 1. The Labute approximate surface area is 139 Å². The van der Waals surface area contributed by atoms with E-state index >= 15 is 0 Å². The Kier molecular flexibility index (Phi) is 5.33. The third kappa shape index (κ3) is 4.24. The zero-order valence-electron chi connectivity index (χ0n) is 13.2. The second kappa shape index (κ2) is 6.90. The van der Waals surface area contributed by atoms with Crippen molar-refractivity contribution >= 4 is 38.7 Å². The molecule has 1 amide bonds. The van der Waals surface area contributed by atoms with E-state index in [1.807, 2.05) is 25.3 Å². The van der Waals surface area contributed by atoms with E-state index in [2.05, 4.69) is 10.3 Å². The largest absolute Gasteiger partial charge is 0.353 e. The molecule has 1 aromatic carbocycles. The number of hydrogen-bond acceptors (Lipinski definition) is 5. The van der Waals surface area contributed by atoms with Gasteiger partial charge in [-0.25, -0.2) is 18.5 Å². The monoisotopic (exact) mass is 356 g/mol. The highest BCUT2D eigenvalue weighted by atomic mass is 32.2. The molecule has 23 heavy (non-hydrogen) atoms. The Balaban J connectivity index is 2.31. The molecular weight excluding hydrogens is 336 g/mol. The van der Waals surface area contributed by atoms with Gasteiger partial charge in [-0.3, -0.25) is 4.79 Å². The first kappa shape index (κ1) is 17.8. The van der Waals surface area contributed by atoms with Gasteiger partial charge in [-0.2, -0.15) is 0 Å². The van der Waals surface area contributed by atoms with Crippen LogP contribution in [0.1, 0.15) is 20.8 Å². The first-order valence-electron chi connectivity index (χ1n) is 7.17. The lowest BCUT2D eigenvalue weighted by Crippen LogP contribution is -2.31. The van der Waals surface area contributed by atoms with Gasteiger partial charge in [0, 0.05) is 12.6 Å². The van der Waals surface area contributed by atoms with Crippen molar-refractivity contribution in [2.45, 2.75) is 43.4 Å². The molecule has 0 aliphatic heterocycles. The molecule has 126 valence electrons. The normalized spacial score (nSPS) is 12.0. The fraction of sp³-hybridized carbons (Fsp3) is 0.429. The summed E-state index contributed by atoms with van der Waals surface area (Å²) < 4.78 is 24.8. The third-order valence-corrected chi connectivity index (χ3v) is 5.00. The summed E-state index contributed by atoms with van der Waals surface area (Å²) in [6, 6.07) is 4.69. The molecule has 0 radical (unpaired) electrons. The number of primary sulfonamides is 1. The number of thioether (sulfide) groups is 1. The number of nitrogens with two attached hydrogens (primary N) is 1. The van der Waals surface area contributed by atoms with Gasteiger partial charge in [-0.05, 0) is 39.0 Å². The van der Waals surface area contributed by atoms with Crippen molar-refractivity contribution < 1.29 is 13.2 Å². The third-order valence-electron chi connectivity index (χ3n) is 3.11. The number of nitrogens with zero attached hydrogens (tertiary/aromatic N) is 2. The number of benzene rings is 1. The molecule has 2 aromatic rings. The molecule has 3 N–H and O–H groups in total. The van der Waals surface area contributed by atoms with Gasteiger partial charge in [0.1, 0.15) is 0 Å². The van der Waals surface area contributed by atoms with Crippen LogP contribution in [0.15, 0.2) is 28.3 Å². The summed E-state index contributed by atoms with van der Waals surface area (Å²) in [4.78, 5) is 16.2. The highest BCUT2D eigenvalue weighted by Gasteiger charge is 2.15. The number of carbonyl (C=O) groups is 1. The van der Waals surface area contributed by atoms with Gasteiger partial charge in [0.25, 0.3) is 0 Å². The van der Waals surface area contributed by atoms with Crippen molar-refractivity contribution in [3.05, 3.63) is 18.2 Å². The van der Waals surface area contributed by atoms with E-state index in [1.54, 1.807) is 6.07 Å². The predicted octanol–water partition coefficient (Wildman–Crippen LogP) is 1.32. The maximum Gasteiger partial charge on any atom is 0.238 e. The number of fused-ring (bicyclic) bond motifs is 1. The smallest absolute Gasteiger partial charge is 0.238 e. The van der Waals surface area contributed by atoms with Crippen LogP contribution in [0.4, 0.5) is 0 Å². The van der Waals surface area contributed by atoms with Gasteiger partial charge in [0.15, 0.2) is 5.16 Å². The average Bonchev–Trinajstić information content (AvgIpc) is 2.79. The number of aryl methyl sites for hydroxylation is 1. The van der Waals surface area contributed by atoms with Gasteiger partial charge in [0.2, 0.25) is 15.9 Å². The molecule has 0 unspecified atom stereocenters. The van der Waals surface area contributed by atoms with E-state index in [9.17, 15) is 13.2 Å². The number of carbonyl (C=O) groups excluding carboxylic acids is 1. The SMILES string of the molecule is CCn1c(SCC(=O)NC(C)C)nc2cc(S(N)(=O)=O)ccc21. The van der Waals surface area contributed by atoms with E-state index in [4.69, 9.17) is 5.14 Å². The molecule has 0 aliphatic rings. The topological polar surface area (TPSA) is 107 Å². The fourth-order valence-corrected chi connectivity index (χ4v) is 3.60. The van der Waals surface area contributed by atoms with Crippen molar-refractivity contribution in [2.24, 2.45) is 5.14 Å². The summed E-state index contributed by atoms with van der Waals surface area (Å²) in [5.74, 6) is 0.189. The number of aromatic nitrogens is 2. The summed E-state index contributed by atoms with van der Waals surface area (Å²) in [6.45, 7) is 6.43. The van der Waals surface area contributed by atoms with Crippen LogP contribution in [0.5, 0.6) is 0 Å². The highest BCUT2D eigenvalue weighted by molar-refractivity contribution is 7.99. The Morgan fingerprint density at radius 1 is 1.43 bits per heavy atom. The van der Waals surface area contributed by atoms with Gasteiger partial charge >= 0.3 is 0 Å². The second-order valence-corrected chi connectivity index (χ2v) is 7.85. The first-order valence-corrected chi connectivity index (χ1v) is 9.70. The quantitative estimate of drug-likeness (QED) is 0.759. The minimum atomic E-state index is -3.76. The van der Waals surface area contributed by atoms with Gasteiger partial charge in [-0.1, -0.05) is 11.8 Å². The van der Waals surface area contributed by atoms with Crippen LogP contribution in [0.25, 0.3) is 11.0 Å². The fourth-order valence-electron chi connectivity index (χ4n) is 2.17. The summed E-state index contributed by atoms with van der Waals surface area (Å²) >= 11 is 1.32. The lowest BCUT2D eigenvalue weighted by Gasteiger charge is -2.08. The van der Waals surface area contributed by atoms with Crippen molar-refractivity contribution in [3.63, 3.8) is 0 Å². The van der Waals surface area contributed by atoms with Crippen LogP contribution in [0, 0.1) is 0 Å². The van der Waals surface area contributed by atoms with Crippen molar-refractivity contribution in [1.29, 1.82) is 0 Å². The van der Waals surface area contributed by atoms with Crippen LogP contribution in [-0.2, 0) is 21.4 Å². The minimum Gasteiger partial charge on any atom is -0.353 e. The molecule has 0 aliphatic carbocycles. The lowest BCUT2D eigenvalue weighted by molar-refractivity contribution is -0.119. The zero-order chi connectivity index (χ0) is 17.2. The number of amides is 1. The number of hydrogen-bond donors (Lipinski definition) is 2. The average molecular weight is 356 g/mol. The molecule has 9 heteroatoms. The van der Waals surface area contributed by atoms with Crippen LogP contribution in [-0.4, -0.2) is 35.7 Å². The standard InChI is InChI=1S/C14H20N4O3S2/c1-4-18-12-6-5-10(23(15,20)21)7-11(12)17-14(18)22-8-13(19)16-9(2)3/h5-7,9H,4,8H2,1-3H3,(H,16,19)(H2,15,20,21). The van der Waals surface area contributed by atoms with Crippen molar-refractivity contribution in [1.82, 2.24) is 14.9 Å². The van der Waals surface area contributed by atoms with Crippen LogP contribution in [0.2, 0.25) is 0 Å². The van der Waals surface area contributed by atoms with Gasteiger partial charge in [0.05, 0.1) is 21.7 Å². The Morgan fingerprint density at radius 2 is 2.13 bits per heavy atom. The highest BCUT2D eigenvalue weighted by Crippen LogP contribution is 2.25. The van der Waals surface area contributed by atoms with Crippen LogP contribution in [0.3, 0.4) is 0 Å². The molecule has 1 aromatic heterocycles. The van der Waals surface area contributed by atoms with Gasteiger partial charge < -0.3 is 9.88 Å². The molecule has 0 saturated carbocycles. The van der Waals surface area contributed by atoms with Crippen molar-refractivity contribution in [2.75, 3.05) is 5.75 Å². The van der Waals surface area contributed by atoms with E-state index in [0.717, 1.165) is 5.52 Å². The van der Waals surface area contributed by atoms with E-state index < -0.39 is 10.0 Å². The molecule has 0 atom stereocenters. The molecule has 0 bridgehead atoms. The lowest BCUT2D eigenvalue weighted by atomic mass is 10.3. The second-order valence-electron chi connectivity index (χ2n) is 5.35. The summed E-state index contributed by atoms with van der Waals surface area (Å²) in [5.41, 5.74) is 1.36. The predicted molar refractivity (Wildman–Crippen MR) is 90.8 cm³/mol. The van der Waals surface area contributed by atoms with Crippen LogP contribution < -0.4 is 10.5 Å². The zero-order valence-corrected chi connectivity index (χ0v) is 14.9. The molecule has 1 heterocycles. The molecule has 0 fully saturated rings. The van der Waals surface area contributed by atoms with E-state index in [-0.39, 0.29) is 22.6 Å². The van der Waals surface area contributed by atoms with Gasteiger partial charge in [-0.15, -0.1) is 0 Å². The Hall–Kier alpha value is -1.58. The van der Waals surface area contributed by atoms with Crippen LogP contribution >= 0.6 is 11.8 Å². The van der Waals surface area contributed by atoms with Crippen molar-refractivity contribution in [3.8, 4) is 0 Å². The van der Waals surface area contributed by atoms with E-state index in [0.29, 0.717) is 17.2 Å². The minimum absolute atomic E-state index is 0.0276. The Morgan fingerprint density at radius 3 is 2.70 bits per heavy atom. The summed E-state index contributed by atoms with van der Waals surface area (Å²) in [5, 5.41) is 8.64.